The minimum Gasteiger partial charge on any atom is -0.376 e. The quantitative estimate of drug-likeness (QED) is 0.830. The number of carbonyl (C=O) groups is 1. The molecule has 0 bridgehead atoms. The van der Waals surface area contributed by atoms with Gasteiger partial charge in [0.2, 0.25) is 5.91 Å². The van der Waals surface area contributed by atoms with E-state index in [4.69, 9.17) is 10.5 Å². The first-order valence-corrected chi connectivity index (χ1v) is 6.97. The topological polar surface area (TPSA) is 79.9 Å². The van der Waals surface area contributed by atoms with Gasteiger partial charge in [-0.2, -0.15) is 10.5 Å². The Kier molecular flexibility index (Phi) is 7.16. The molecular formula is C14H15BrN4O. The van der Waals surface area contributed by atoms with Crippen molar-refractivity contribution < 1.29 is 4.79 Å². The molecule has 0 fully saturated rings. The highest BCUT2D eigenvalue weighted by atomic mass is 79.9. The van der Waals surface area contributed by atoms with Gasteiger partial charge in [0.15, 0.2) is 0 Å². The molecule has 0 unspecified atom stereocenters. The average molecular weight is 335 g/mol. The summed E-state index contributed by atoms with van der Waals surface area (Å²) in [7, 11) is 0. The van der Waals surface area contributed by atoms with Crippen LogP contribution >= 0.6 is 15.9 Å². The van der Waals surface area contributed by atoms with Crippen LogP contribution in [0.25, 0.3) is 0 Å². The Bertz CT molecular complexity index is 515. The number of halogens is 1. The fourth-order valence-electron chi connectivity index (χ4n) is 1.62. The Labute approximate surface area is 126 Å². The van der Waals surface area contributed by atoms with E-state index in [1.807, 2.05) is 36.4 Å². The molecule has 20 heavy (non-hydrogen) atoms. The Balaban J connectivity index is 2.53. The van der Waals surface area contributed by atoms with Crippen molar-refractivity contribution in [3.63, 3.8) is 0 Å². The lowest BCUT2D eigenvalue weighted by Gasteiger charge is -2.20. The number of rotatable bonds is 7. The van der Waals surface area contributed by atoms with Crippen LogP contribution < -0.4 is 5.32 Å². The smallest absolute Gasteiger partial charge is 0.241 e. The van der Waals surface area contributed by atoms with Gasteiger partial charge in [-0.1, -0.05) is 22.0 Å². The highest BCUT2D eigenvalue weighted by Gasteiger charge is 2.12. The minimum atomic E-state index is -0.115. The van der Waals surface area contributed by atoms with Crippen LogP contribution in [-0.2, 0) is 4.79 Å². The molecule has 0 aliphatic rings. The van der Waals surface area contributed by atoms with Crippen LogP contribution in [0.4, 0.5) is 5.69 Å². The molecule has 0 saturated carbocycles. The van der Waals surface area contributed by atoms with E-state index >= 15 is 0 Å². The monoisotopic (exact) mass is 334 g/mol. The molecule has 0 radical (unpaired) electrons. The Morgan fingerprint density at radius 2 is 1.90 bits per heavy atom. The number of amides is 1. The molecule has 1 amide bonds. The van der Waals surface area contributed by atoms with Crippen LogP contribution in [0, 0.1) is 22.7 Å². The fraction of sp³-hybridized carbons (Fsp3) is 0.357. The summed E-state index contributed by atoms with van der Waals surface area (Å²) in [5.41, 5.74) is 0.841. The van der Waals surface area contributed by atoms with E-state index in [1.54, 1.807) is 0 Å². The SMILES string of the molecule is N#CCCN(CCC#N)C(=O)CNc1cccc(Br)c1. The molecular weight excluding hydrogens is 320 g/mol. The molecule has 0 heterocycles. The zero-order chi connectivity index (χ0) is 14.8. The molecule has 0 saturated heterocycles. The number of hydrogen-bond donors (Lipinski definition) is 1. The largest absolute Gasteiger partial charge is 0.376 e. The molecule has 1 aromatic rings. The second-order valence-corrected chi connectivity index (χ2v) is 4.98. The molecule has 0 aromatic heterocycles. The average Bonchev–Trinajstić information content (AvgIpc) is 2.45. The molecule has 0 aliphatic heterocycles. The normalized spacial score (nSPS) is 9.35. The summed E-state index contributed by atoms with van der Waals surface area (Å²) in [6.07, 6.45) is 0.544. The van der Waals surface area contributed by atoms with Gasteiger partial charge >= 0.3 is 0 Å². The van der Waals surface area contributed by atoms with E-state index in [0.29, 0.717) is 13.1 Å². The number of nitriles is 2. The van der Waals surface area contributed by atoms with Gasteiger partial charge in [-0.05, 0) is 18.2 Å². The number of hydrogen-bond acceptors (Lipinski definition) is 4. The molecule has 5 nitrogen and oxygen atoms in total. The first-order chi connectivity index (χ1) is 9.67. The molecule has 104 valence electrons. The fourth-order valence-corrected chi connectivity index (χ4v) is 2.02. The number of nitrogens with zero attached hydrogens (tertiary/aromatic N) is 3. The van der Waals surface area contributed by atoms with E-state index in [2.05, 4.69) is 21.2 Å². The Hall–Kier alpha value is -2.05. The van der Waals surface area contributed by atoms with E-state index in [-0.39, 0.29) is 25.3 Å². The van der Waals surface area contributed by atoms with Crippen molar-refractivity contribution >= 4 is 27.5 Å². The summed E-state index contributed by atoms with van der Waals surface area (Å²) in [5.74, 6) is -0.115. The van der Waals surface area contributed by atoms with Gasteiger partial charge < -0.3 is 10.2 Å². The van der Waals surface area contributed by atoms with Gasteiger partial charge in [0.1, 0.15) is 0 Å². The minimum absolute atomic E-state index is 0.115. The lowest BCUT2D eigenvalue weighted by molar-refractivity contribution is -0.129. The Morgan fingerprint density at radius 1 is 1.25 bits per heavy atom. The van der Waals surface area contributed by atoms with Crippen molar-refractivity contribution in [2.45, 2.75) is 12.8 Å². The van der Waals surface area contributed by atoms with Crippen molar-refractivity contribution in [2.75, 3.05) is 25.0 Å². The van der Waals surface area contributed by atoms with Crippen molar-refractivity contribution in [1.29, 1.82) is 10.5 Å². The van der Waals surface area contributed by atoms with Gasteiger partial charge in [-0.3, -0.25) is 4.79 Å². The van der Waals surface area contributed by atoms with Crippen molar-refractivity contribution in [2.24, 2.45) is 0 Å². The molecule has 0 atom stereocenters. The maximum atomic E-state index is 12.0. The number of benzene rings is 1. The molecule has 1 N–H and O–H groups in total. The molecule has 1 aromatic carbocycles. The predicted molar refractivity (Wildman–Crippen MR) is 79.7 cm³/mol. The third kappa shape index (κ3) is 5.73. The highest BCUT2D eigenvalue weighted by molar-refractivity contribution is 9.10. The van der Waals surface area contributed by atoms with E-state index in [1.165, 1.54) is 4.90 Å². The molecule has 1 rings (SSSR count). The first-order valence-electron chi connectivity index (χ1n) is 6.18. The van der Waals surface area contributed by atoms with Crippen molar-refractivity contribution in [3.8, 4) is 12.1 Å². The van der Waals surface area contributed by atoms with E-state index in [0.717, 1.165) is 10.2 Å². The predicted octanol–water partition coefficient (Wildman–Crippen LogP) is 2.52. The molecule has 0 spiro atoms. The summed E-state index contributed by atoms with van der Waals surface area (Å²) in [6, 6.07) is 11.5. The van der Waals surface area contributed by atoms with Crippen molar-refractivity contribution in [3.05, 3.63) is 28.7 Å². The summed E-state index contributed by atoms with van der Waals surface area (Å²) in [4.78, 5) is 13.6. The summed E-state index contributed by atoms with van der Waals surface area (Å²) >= 11 is 3.36. The third-order valence-electron chi connectivity index (χ3n) is 2.61. The highest BCUT2D eigenvalue weighted by Crippen LogP contribution is 2.15. The van der Waals surface area contributed by atoms with E-state index in [9.17, 15) is 4.79 Å². The second-order valence-electron chi connectivity index (χ2n) is 4.06. The van der Waals surface area contributed by atoms with Gasteiger partial charge in [-0.15, -0.1) is 0 Å². The van der Waals surface area contributed by atoms with E-state index < -0.39 is 0 Å². The van der Waals surface area contributed by atoms with Crippen LogP contribution in [0.2, 0.25) is 0 Å². The number of anilines is 1. The van der Waals surface area contributed by atoms with Crippen LogP contribution in [0.5, 0.6) is 0 Å². The van der Waals surface area contributed by atoms with Gasteiger partial charge in [0.05, 0.1) is 31.5 Å². The van der Waals surface area contributed by atoms with Crippen LogP contribution in [-0.4, -0.2) is 30.4 Å². The zero-order valence-corrected chi connectivity index (χ0v) is 12.6. The molecule has 6 heteroatoms. The van der Waals surface area contributed by atoms with Crippen LogP contribution in [0.3, 0.4) is 0 Å². The van der Waals surface area contributed by atoms with Gasteiger partial charge in [0, 0.05) is 23.2 Å². The molecule has 0 aliphatic carbocycles. The van der Waals surface area contributed by atoms with Crippen LogP contribution in [0.1, 0.15) is 12.8 Å². The summed E-state index contributed by atoms with van der Waals surface area (Å²) in [5, 5.41) is 20.2. The third-order valence-corrected chi connectivity index (χ3v) is 3.10. The maximum absolute atomic E-state index is 12.0. The maximum Gasteiger partial charge on any atom is 0.241 e. The second kappa shape index (κ2) is 8.95. The zero-order valence-electron chi connectivity index (χ0n) is 11.0. The number of nitrogens with one attached hydrogen (secondary N) is 1. The van der Waals surface area contributed by atoms with Gasteiger partial charge in [0.25, 0.3) is 0 Å². The summed E-state index contributed by atoms with van der Waals surface area (Å²) < 4.78 is 0.931. The first kappa shape index (κ1) is 16.0. The lowest BCUT2D eigenvalue weighted by atomic mass is 10.3. The van der Waals surface area contributed by atoms with Gasteiger partial charge in [-0.25, -0.2) is 0 Å². The number of carbonyl (C=O) groups excluding carboxylic acids is 1. The van der Waals surface area contributed by atoms with Crippen molar-refractivity contribution in [1.82, 2.24) is 4.90 Å². The lowest BCUT2D eigenvalue weighted by Crippen LogP contribution is -2.36. The standard InChI is InChI=1S/C14H15BrN4O/c15-12-4-1-5-13(10-12)18-11-14(20)19(8-2-6-16)9-3-7-17/h1,4-5,10,18H,2-3,8-9,11H2. The summed E-state index contributed by atoms with van der Waals surface area (Å²) in [6.45, 7) is 0.863. The Morgan fingerprint density at radius 3 is 2.45 bits per heavy atom. The van der Waals surface area contributed by atoms with Crippen LogP contribution in [0.15, 0.2) is 28.7 Å².